The van der Waals surface area contributed by atoms with Gasteiger partial charge < -0.3 is 0 Å². The molecule has 1 aromatic rings. The van der Waals surface area contributed by atoms with Crippen molar-refractivity contribution >= 4 is 41.5 Å². The van der Waals surface area contributed by atoms with Gasteiger partial charge in [0.05, 0.1) is 0 Å². The summed E-state index contributed by atoms with van der Waals surface area (Å²) in [6.45, 7) is 0. The minimum absolute atomic E-state index is 0.0299. The van der Waals surface area contributed by atoms with E-state index in [4.69, 9.17) is 11.3 Å². The second-order valence-corrected chi connectivity index (χ2v) is 5.93. The van der Waals surface area contributed by atoms with Gasteiger partial charge in [-0.1, -0.05) is 0 Å². The monoisotopic (exact) mass is 344 g/mol. The second-order valence-electron chi connectivity index (χ2n) is 2.12. The van der Waals surface area contributed by atoms with Gasteiger partial charge in [-0.2, -0.15) is 0 Å². The van der Waals surface area contributed by atoms with Gasteiger partial charge in [-0.25, -0.2) is 0 Å². The van der Waals surface area contributed by atoms with Crippen molar-refractivity contribution in [1.29, 1.82) is 0 Å². The van der Waals surface area contributed by atoms with Gasteiger partial charge in [0.25, 0.3) is 0 Å². The SMILES string of the molecule is O=[As](O)(O)c1cccc(OI)c1. The maximum atomic E-state index is 10.8. The summed E-state index contributed by atoms with van der Waals surface area (Å²) in [5, 5.41) is 0. The molecule has 0 atom stereocenters. The van der Waals surface area contributed by atoms with E-state index in [1.54, 1.807) is 35.1 Å². The summed E-state index contributed by atoms with van der Waals surface area (Å²) < 4.78 is 33.3. The average Bonchev–Trinajstić information content (AvgIpc) is 2.03. The quantitative estimate of drug-likeness (QED) is 0.585. The molecule has 0 saturated carbocycles. The first kappa shape index (κ1) is 10.1. The Morgan fingerprint density at radius 1 is 1.42 bits per heavy atom. The molecule has 0 saturated heterocycles. The zero-order chi connectivity index (χ0) is 9.19. The van der Waals surface area contributed by atoms with Crippen LogP contribution in [0.15, 0.2) is 24.3 Å². The molecule has 4 nitrogen and oxygen atoms in total. The van der Waals surface area contributed by atoms with Crippen LogP contribution >= 0.6 is 23.0 Å². The Labute approximate surface area is 86.2 Å². The number of halogens is 1. The Morgan fingerprint density at radius 3 is 2.58 bits per heavy atom. The molecular weight excluding hydrogens is 338 g/mol. The van der Waals surface area contributed by atoms with Crippen LogP contribution in [0, 0.1) is 0 Å². The molecule has 0 aliphatic heterocycles. The second kappa shape index (κ2) is 3.82. The third-order valence-corrected chi connectivity index (χ3v) is 3.75. The summed E-state index contributed by atoms with van der Waals surface area (Å²) >= 11 is -3.09. The molecule has 0 heterocycles. The fourth-order valence-electron chi connectivity index (χ4n) is 0.713. The van der Waals surface area contributed by atoms with E-state index in [0.717, 1.165) is 0 Å². The predicted octanol–water partition coefficient (Wildman–Crippen LogP) is -0.0236. The van der Waals surface area contributed by atoms with Gasteiger partial charge in [0.2, 0.25) is 0 Å². The minimum atomic E-state index is -4.74. The van der Waals surface area contributed by atoms with Crippen LogP contribution < -0.4 is 7.42 Å². The van der Waals surface area contributed by atoms with E-state index >= 15 is 0 Å². The molecule has 0 aliphatic carbocycles. The Balaban J connectivity index is 3.11. The van der Waals surface area contributed by atoms with Gasteiger partial charge in [-0.3, -0.25) is 0 Å². The molecule has 0 fully saturated rings. The third-order valence-electron chi connectivity index (χ3n) is 1.24. The normalized spacial score (nSPS) is 11.2. The summed E-state index contributed by atoms with van der Waals surface area (Å²) in [5.41, 5.74) is 0. The number of benzene rings is 1. The summed E-state index contributed by atoms with van der Waals surface area (Å²) in [7, 11) is 0. The van der Waals surface area contributed by atoms with Gasteiger partial charge in [0, 0.05) is 0 Å². The van der Waals surface area contributed by atoms with E-state index in [9.17, 15) is 3.74 Å². The number of hydrogen-bond donors (Lipinski definition) is 2. The molecule has 12 heavy (non-hydrogen) atoms. The summed E-state index contributed by atoms with van der Waals surface area (Å²) in [6, 6.07) is 5.90. The van der Waals surface area contributed by atoms with Crippen LogP contribution in [0.5, 0.6) is 5.75 Å². The van der Waals surface area contributed by atoms with Crippen LogP contribution in [0.4, 0.5) is 0 Å². The van der Waals surface area contributed by atoms with Gasteiger partial charge in [0.1, 0.15) is 0 Å². The predicted molar refractivity (Wildman–Crippen MR) is 51.6 cm³/mol. The fourth-order valence-corrected chi connectivity index (χ4v) is 2.19. The fraction of sp³-hybridized carbons (Fsp3) is 0. The van der Waals surface area contributed by atoms with Gasteiger partial charge in [-0.15, -0.1) is 0 Å². The van der Waals surface area contributed by atoms with Crippen molar-refractivity contribution in [3.8, 4) is 5.75 Å². The molecule has 0 spiro atoms. The summed E-state index contributed by atoms with van der Waals surface area (Å²) in [4.78, 5) is 0. The molecule has 66 valence electrons. The first-order valence-electron chi connectivity index (χ1n) is 2.99. The van der Waals surface area contributed by atoms with E-state index in [1.165, 1.54) is 12.1 Å². The summed E-state index contributed by atoms with van der Waals surface area (Å²) in [5.74, 6) is 0.442. The van der Waals surface area contributed by atoms with Crippen molar-refractivity contribution in [2.75, 3.05) is 0 Å². The molecule has 0 bridgehead atoms. The molecule has 2 N–H and O–H groups in total. The van der Waals surface area contributed by atoms with Crippen LogP contribution in [0.3, 0.4) is 0 Å². The zero-order valence-corrected chi connectivity index (χ0v) is 9.88. The molecule has 0 unspecified atom stereocenters. The third kappa shape index (κ3) is 2.52. The van der Waals surface area contributed by atoms with Gasteiger partial charge >= 0.3 is 86.5 Å². The van der Waals surface area contributed by atoms with E-state index in [1.807, 2.05) is 0 Å². The molecule has 0 amide bonds. The molecular formula is C6H6AsIO4. The van der Waals surface area contributed by atoms with E-state index in [2.05, 4.69) is 0 Å². The maximum absolute atomic E-state index is 10.8. The topological polar surface area (TPSA) is 66.8 Å². The molecule has 0 aliphatic rings. The van der Waals surface area contributed by atoms with Crippen LogP contribution in [-0.4, -0.2) is 22.4 Å². The number of rotatable bonds is 2. The van der Waals surface area contributed by atoms with Crippen LogP contribution in [0.2, 0.25) is 0 Å². The molecule has 1 rings (SSSR count). The van der Waals surface area contributed by atoms with Gasteiger partial charge in [0.15, 0.2) is 0 Å². The first-order chi connectivity index (χ1) is 5.54. The van der Waals surface area contributed by atoms with Crippen molar-refractivity contribution in [1.82, 2.24) is 0 Å². The Bertz CT molecular complexity index is 321. The Kier molecular flexibility index (Phi) is 3.22. The summed E-state index contributed by atoms with van der Waals surface area (Å²) in [6.07, 6.45) is 0. The number of hydrogen-bond acceptors (Lipinski definition) is 2. The van der Waals surface area contributed by atoms with Gasteiger partial charge in [-0.05, 0) is 0 Å². The molecule has 0 radical (unpaired) electrons. The standard InChI is InChI=1S/C6H6AsIO4/c8-12-6-3-1-2-5(4-6)7(9,10)11/h1-4H,(H2,9,10,11). The van der Waals surface area contributed by atoms with E-state index < -0.39 is 14.2 Å². The van der Waals surface area contributed by atoms with Crippen LogP contribution in [0.25, 0.3) is 0 Å². The van der Waals surface area contributed by atoms with Crippen molar-refractivity contribution < 1.29 is 15.0 Å². The molecule has 0 aromatic heterocycles. The Morgan fingerprint density at radius 2 is 2.08 bits per heavy atom. The van der Waals surface area contributed by atoms with Crippen molar-refractivity contribution in [3.63, 3.8) is 0 Å². The molecule has 6 heteroatoms. The molecule has 1 aromatic carbocycles. The first-order valence-corrected chi connectivity index (χ1v) is 7.25. The van der Waals surface area contributed by atoms with E-state index in [-0.39, 0.29) is 4.35 Å². The van der Waals surface area contributed by atoms with Crippen LogP contribution in [0.1, 0.15) is 0 Å². The van der Waals surface area contributed by atoms with E-state index in [0.29, 0.717) is 5.75 Å². The zero-order valence-electron chi connectivity index (χ0n) is 5.85. The van der Waals surface area contributed by atoms with Crippen molar-refractivity contribution in [2.24, 2.45) is 0 Å². The average molecular weight is 344 g/mol. The van der Waals surface area contributed by atoms with Crippen molar-refractivity contribution in [2.45, 2.75) is 0 Å². The van der Waals surface area contributed by atoms with Crippen LogP contribution in [-0.2, 0) is 3.74 Å². The Hall–Kier alpha value is 0.0284. The van der Waals surface area contributed by atoms with Crippen molar-refractivity contribution in [3.05, 3.63) is 24.3 Å².